The van der Waals surface area contributed by atoms with Gasteiger partial charge in [0.1, 0.15) is 11.6 Å². The van der Waals surface area contributed by atoms with Gasteiger partial charge in [-0.15, -0.1) is 0 Å². The molecule has 1 saturated heterocycles. The molecule has 1 aliphatic rings. The molecule has 1 heterocycles. The van der Waals surface area contributed by atoms with Crippen molar-refractivity contribution < 1.29 is 28.7 Å². The minimum Gasteiger partial charge on any atom is -0.465 e. The Hall–Kier alpha value is -1.72. The number of hydrogen-bond donors (Lipinski definition) is 0. The minimum atomic E-state index is -0.520. The Morgan fingerprint density at radius 1 is 0.556 bits per heavy atom. The van der Waals surface area contributed by atoms with Crippen LogP contribution in [0.25, 0.3) is 0 Å². The molecular weight excluding hydrogens is 240 g/mol. The summed E-state index contributed by atoms with van der Waals surface area (Å²) in [5.74, 6) is -1.25. The van der Waals surface area contributed by atoms with E-state index in [1.165, 1.54) is 0 Å². The second-order valence-electron chi connectivity index (χ2n) is 4.02. The van der Waals surface area contributed by atoms with Crippen LogP contribution in [0.4, 0.5) is 0 Å². The first kappa shape index (κ1) is 14.3. The predicted octanol–water partition coefficient (Wildman–Crippen LogP) is 0.565. The molecule has 1 rings (SSSR count). The van der Waals surface area contributed by atoms with Crippen LogP contribution in [0.15, 0.2) is 0 Å². The zero-order valence-electron chi connectivity index (χ0n) is 10.1. The fourth-order valence-electron chi connectivity index (χ4n) is 1.43. The van der Waals surface area contributed by atoms with Crippen LogP contribution < -0.4 is 0 Å². The van der Waals surface area contributed by atoms with E-state index in [-0.39, 0.29) is 63.3 Å². The SMILES string of the molecule is O=C1CCOC(=O)CCC(=O)OCCC(=O)CC1. The second kappa shape index (κ2) is 7.58. The first-order valence-electron chi connectivity index (χ1n) is 5.92. The highest BCUT2D eigenvalue weighted by atomic mass is 16.5. The van der Waals surface area contributed by atoms with Crippen molar-refractivity contribution in [3.05, 3.63) is 0 Å². The van der Waals surface area contributed by atoms with Crippen LogP contribution in [0.3, 0.4) is 0 Å². The monoisotopic (exact) mass is 256 g/mol. The number of ether oxygens (including phenoxy) is 2. The van der Waals surface area contributed by atoms with E-state index < -0.39 is 11.9 Å². The van der Waals surface area contributed by atoms with Crippen LogP contribution in [-0.4, -0.2) is 36.7 Å². The Morgan fingerprint density at radius 2 is 0.944 bits per heavy atom. The van der Waals surface area contributed by atoms with E-state index in [4.69, 9.17) is 9.47 Å². The Labute approximate surface area is 105 Å². The third-order valence-electron chi connectivity index (χ3n) is 2.50. The third kappa shape index (κ3) is 6.12. The zero-order valence-corrected chi connectivity index (χ0v) is 10.1. The number of ketones is 2. The maximum atomic E-state index is 11.3. The summed E-state index contributed by atoms with van der Waals surface area (Å²) in [5, 5.41) is 0. The molecule has 0 unspecified atom stereocenters. The van der Waals surface area contributed by atoms with Crippen molar-refractivity contribution in [1.29, 1.82) is 0 Å². The summed E-state index contributed by atoms with van der Waals surface area (Å²) in [7, 11) is 0. The van der Waals surface area contributed by atoms with Gasteiger partial charge in [0.05, 0.1) is 26.1 Å². The molecule has 0 bridgehead atoms. The summed E-state index contributed by atoms with van der Waals surface area (Å²) in [5.41, 5.74) is 0. The summed E-state index contributed by atoms with van der Waals surface area (Å²) in [4.78, 5) is 45.0. The van der Waals surface area contributed by atoms with Gasteiger partial charge < -0.3 is 9.47 Å². The van der Waals surface area contributed by atoms with Gasteiger partial charge >= 0.3 is 11.9 Å². The lowest BCUT2D eigenvalue weighted by Gasteiger charge is -2.07. The van der Waals surface area contributed by atoms with Crippen molar-refractivity contribution in [3.63, 3.8) is 0 Å². The van der Waals surface area contributed by atoms with Gasteiger partial charge in [0, 0.05) is 25.7 Å². The van der Waals surface area contributed by atoms with Gasteiger partial charge in [-0.25, -0.2) is 0 Å². The lowest BCUT2D eigenvalue weighted by atomic mass is 10.1. The predicted molar refractivity (Wildman–Crippen MR) is 59.6 cm³/mol. The molecule has 0 saturated carbocycles. The molecule has 0 amide bonds. The number of carbonyl (C=O) groups excluding carboxylic acids is 4. The summed E-state index contributed by atoms with van der Waals surface area (Å²) in [6.07, 6.45) is 0.379. The van der Waals surface area contributed by atoms with Gasteiger partial charge in [-0.3, -0.25) is 19.2 Å². The Bertz CT molecular complexity index is 280. The fraction of sp³-hybridized carbons (Fsp3) is 0.667. The number of carbonyl (C=O) groups is 4. The summed E-state index contributed by atoms with van der Waals surface area (Å²) in [6, 6.07) is 0. The van der Waals surface area contributed by atoms with Gasteiger partial charge in [-0.05, 0) is 0 Å². The standard InChI is InChI=1S/C12H16O6/c13-9-1-2-10(14)6-8-18-12(16)4-3-11(15)17-7-5-9/h1-8H2. The topological polar surface area (TPSA) is 86.7 Å². The van der Waals surface area contributed by atoms with Crippen LogP contribution >= 0.6 is 0 Å². The smallest absolute Gasteiger partial charge is 0.306 e. The average Bonchev–Trinajstić information content (AvgIpc) is 2.33. The molecule has 0 spiro atoms. The summed E-state index contributed by atoms with van der Waals surface area (Å²) in [6.45, 7) is 0.00180. The fourth-order valence-corrected chi connectivity index (χ4v) is 1.43. The van der Waals surface area contributed by atoms with Crippen LogP contribution in [0.5, 0.6) is 0 Å². The molecule has 0 aromatic carbocycles. The van der Waals surface area contributed by atoms with Crippen molar-refractivity contribution >= 4 is 23.5 Å². The number of hydrogen-bond acceptors (Lipinski definition) is 6. The van der Waals surface area contributed by atoms with Gasteiger partial charge in [0.25, 0.3) is 0 Å². The largest absolute Gasteiger partial charge is 0.465 e. The molecule has 0 N–H and O–H groups in total. The molecule has 1 aliphatic heterocycles. The quantitative estimate of drug-likeness (QED) is 0.589. The molecule has 0 aliphatic carbocycles. The Balaban J connectivity index is 2.46. The van der Waals surface area contributed by atoms with Gasteiger partial charge in [-0.1, -0.05) is 0 Å². The highest BCUT2D eigenvalue weighted by molar-refractivity contribution is 5.86. The normalized spacial score (nSPS) is 20.9. The van der Waals surface area contributed by atoms with E-state index in [0.717, 1.165) is 0 Å². The summed E-state index contributed by atoms with van der Waals surface area (Å²) >= 11 is 0. The molecule has 1 fully saturated rings. The van der Waals surface area contributed by atoms with Gasteiger partial charge in [0.15, 0.2) is 0 Å². The van der Waals surface area contributed by atoms with Crippen LogP contribution in [-0.2, 0) is 28.7 Å². The molecule has 0 aromatic rings. The van der Waals surface area contributed by atoms with Gasteiger partial charge in [0.2, 0.25) is 0 Å². The lowest BCUT2D eigenvalue weighted by molar-refractivity contribution is -0.151. The van der Waals surface area contributed by atoms with Crippen LogP contribution in [0.2, 0.25) is 0 Å². The van der Waals surface area contributed by atoms with E-state index in [2.05, 4.69) is 0 Å². The molecule has 100 valence electrons. The van der Waals surface area contributed by atoms with Crippen molar-refractivity contribution in [1.82, 2.24) is 0 Å². The number of rotatable bonds is 0. The van der Waals surface area contributed by atoms with E-state index in [1.807, 2.05) is 0 Å². The molecule has 0 atom stereocenters. The molecule has 6 heteroatoms. The first-order chi connectivity index (χ1) is 8.58. The van der Waals surface area contributed by atoms with E-state index in [0.29, 0.717) is 0 Å². The summed E-state index contributed by atoms with van der Waals surface area (Å²) < 4.78 is 9.56. The van der Waals surface area contributed by atoms with Crippen molar-refractivity contribution in [3.8, 4) is 0 Å². The second-order valence-corrected chi connectivity index (χ2v) is 4.02. The molecule has 6 nitrogen and oxygen atoms in total. The minimum absolute atomic E-state index is 0.000898. The lowest BCUT2D eigenvalue weighted by Crippen LogP contribution is -2.16. The average molecular weight is 256 g/mol. The van der Waals surface area contributed by atoms with E-state index in [9.17, 15) is 19.2 Å². The number of Topliss-reactive ketones (excluding diaryl/α,β-unsaturated/α-hetero) is 2. The van der Waals surface area contributed by atoms with E-state index in [1.54, 1.807) is 0 Å². The molecule has 0 radical (unpaired) electrons. The molecule has 18 heavy (non-hydrogen) atoms. The van der Waals surface area contributed by atoms with E-state index >= 15 is 0 Å². The highest BCUT2D eigenvalue weighted by Gasteiger charge is 2.13. The van der Waals surface area contributed by atoms with Crippen molar-refractivity contribution in [2.24, 2.45) is 0 Å². The number of esters is 2. The first-order valence-corrected chi connectivity index (χ1v) is 5.92. The van der Waals surface area contributed by atoms with Crippen LogP contribution in [0.1, 0.15) is 38.5 Å². The zero-order chi connectivity index (χ0) is 13.4. The molecular formula is C12H16O6. The van der Waals surface area contributed by atoms with Gasteiger partial charge in [-0.2, -0.15) is 0 Å². The highest BCUT2D eigenvalue weighted by Crippen LogP contribution is 2.03. The Kier molecular flexibility index (Phi) is 6.04. The maximum absolute atomic E-state index is 11.3. The maximum Gasteiger partial charge on any atom is 0.306 e. The number of cyclic esters (lactones) is 2. The third-order valence-corrected chi connectivity index (χ3v) is 2.50. The van der Waals surface area contributed by atoms with Crippen LogP contribution in [0, 0.1) is 0 Å². The molecule has 0 aromatic heterocycles. The van der Waals surface area contributed by atoms with Crippen molar-refractivity contribution in [2.45, 2.75) is 38.5 Å². The van der Waals surface area contributed by atoms with Crippen molar-refractivity contribution in [2.75, 3.05) is 13.2 Å². The Morgan fingerprint density at radius 3 is 1.33 bits per heavy atom.